The van der Waals surface area contributed by atoms with E-state index in [1.807, 2.05) is 6.07 Å². The summed E-state index contributed by atoms with van der Waals surface area (Å²) < 4.78 is 38.9. The summed E-state index contributed by atoms with van der Waals surface area (Å²) in [6.07, 6.45) is 0.620. The van der Waals surface area contributed by atoms with Crippen LogP contribution in [-0.4, -0.2) is 44.1 Å². The molecule has 4 rings (SSSR count). The molecule has 0 fully saturated rings. The van der Waals surface area contributed by atoms with Crippen molar-refractivity contribution in [3.8, 4) is 17.7 Å². The molecule has 0 bridgehead atoms. The lowest BCUT2D eigenvalue weighted by Crippen LogP contribution is -2.45. The zero-order valence-corrected chi connectivity index (χ0v) is 20.2. The van der Waals surface area contributed by atoms with Gasteiger partial charge in [0.05, 0.1) is 42.4 Å². The van der Waals surface area contributed by atoms with Crippen molar-refractivity contribution in [3.63, 3.8) is 0 Å². The van der Waals surface area contributed by atoms with Crippen LogP contribution in [0.1, 0.15) is 30.0 Å². The Bertz CT molecular complexity index is 1500. The molecule has 1 aliphatic heterocycles. The molecule has 3 aromatic rings. The van der Waals surface area contributed by atoms with E-state index in [2.05, 4.69) is 4.98 Å². The highest BCUT2D eigenvalue weighted by molar-refractivity contribution is 7.93. The zero-order valence-electron chi connectivity index (χ0n) is 19.3. The van der Waals surface area contributed by atoms with Gasteiger partial charge >= 0.3 is 5.97 Å². The summed E-state index contributed by atoms with van der Waals surface area (Å²) in [7, 11) is -3.06. The van der Waals surface area contributed by atoms with Gasteiger partial charge < -0.3 is 14.6 Å². The summed E-state index contributed by atoms with van der Waals surface area (Å²) >= 11 is 0. The highest BCUT2D eigenvalue weighted by Crippen LogP contribution is 2.52. The molecule has 1 unspecified atom stereocenters. The van der Waals surface area contributed by atoms with Crippen LogP contribution >= 0.6 is 0 Å². The molecule has 184 valence electrons. The van der Waals surface area contributed by atoms with Crippen LogP contribution < -0.4 is 13.8 Å². The first kappa shape index (κ1) is 24.7. The number of sulfonamides is 1. The van der Waals surface area contributed by atoms with E-state index in [4.69, 9.17) is 9.47 Å². The highest BCUT2D eigenvalue weighted by atomic mass is 32.2. The first-order valence-electron chi connectivity index (χ1n) is 10.8. The molecule has 0 spiro atoms. The molecule has 10 nitrogen and oxygen atoms in total. The van der Waals surface area contributed by atoms with Gasteiger partial charge in [0.1, 0.15) is 11.2 Å². The van der Waals surface area contributed by atoms with Gasteiger partial charge in [0.2, 0.25) is 5.88 Å². The van der Waals surface area contributed by atoms with Crippen LogP contribution in [0.15, 0.2) is 65.7 Å². The molecule has 1 atom stereocenters. The van der Waals surface area contributed by atoms with Crippen molar-refractivity contribution >= 4 is 27.6 Å². The van der Waals surface area contributed by atoms with Crippen molar-refractivity contribution in [2.75, 3.05) is 18.0 Å². The van der Waals surface area contributed by atoms with E-state index in [1.54, 1.807) is 6.92 Å². The third-order valence-electron chi connectivity index (χ3n) is 5.88. The Morgan fingerprint density at radius 2 is 1.89 bits per heavy atom. The lowest BCUT2D eigenvalue weighted by Gasteiger charge is -2.28. The lowest BCUT2D eigenvalue weighted by atomic mass is 9.72. The topological polar surface area (TPSA) is 147 Å². The normalized spacial score (nSPS) is 16.8. The standard InChI is InChI=1S/C25H21N3O7S/c1-3-35-23-19(5-4-12-27-23)25(14-22(29)30)20-13-16(15-26)6-11-21(20)28(24(25)31)36(32,33)18-9-7-17(34-2)8-10-18/h4-13H,3,14H2,1-2H3,(H,29,30). The average molecular weight is 508 g/mol. The van der Waals surface area contributed by atoms with Crippen LogP contribution in [0.3, 0.4) is 0 Å². The second-order valence-corrected chi connectivity index (χ2v) is 9.65. The van der Waals surface area contributed by atoms with Crippen molar-refractivity contribution in [3.05, 3.63) is 77.5 Å². The summed E-state index contributed by atoms with van der Waals surface area (Å²) in [6.45, 7) is 1.86. The van der Waals surface area contributed by atoms with E-state index >= 15 is 0 Å². The second-order valence-electron chi connectivity index (χ2n) is 7.86. The summed E-state index contributed by atoms with van der Waals surface area (Å²) in [6, 6.07) is 14.4. The van der Waals surface area contributed by atoms with Crippen molar-refractivity contribution in [2.24, 2.45) is 0 Å². The number of amides is 1. The summed E-state index contributed by atoms with van der Waals surface area (Å²) in [4.78, 5) is 30.3. The number of carboxylic acids is 1. The molecule has 36 heavy (non-hydrogen) atoms. The van der Waals surface area contributed by atoms with Gasteiger partial charge in [0.25, 0.3) is 15.9 Å². The Hall–Kier alpha value is -4.43. The van der Waals surface area contributed by atoms with Crippen LogP contribution in [0.5, 0.6) is 11.6 Å². The molecular formula is C25H21N3O7S. The number of aliphatic carboxylic acids is 1. The number of methoxy groups -OCH3 is 1. The molecule has 0 radical (unpaired) electrons. The number of carbonyl (C=O) groups is 2. The van der Waals surface area contributed by atoms with Gasteiger partial charge in [-0.25, -0.2) is 17.7 Å². The van der Waals surface area contributed by atoms with Gasteiger partial charge in [-0.2, -0.15) is 5.26 Å². The molecular weight excluding hydrogens is 486 g/mol. The maximum absolute atomic E-state index is 14.2. The minimum atomic E-state index is -4.49. The number of rotatable bonds is 8. The number of pyridine rings is 1. The average Bonchev–Trinajstić information content (AvgIpc) is 3.12. The third-order valence-corrected chi connectivity index (χ3v) is 7.59. The number of nitrogens with zero attached hydrogens (tertiary/aromatic N) is 3. The van der Waals surface area contributed by atoms with E-state index in [9.17, 15) is 28.4 Å². The van der Waals surface area contributed by atoms with Crippen molar-refractivity contribution in [1.29, 1.82) is 5.26 Å². The van der Waals surface area contributed by atoms with Gasteiger partial charge in [-0.3, -0.25) is 9.59 Å². The molecule has 1 N–H and O–H groups in total. The zero-order chi connectivity index (χ0) is 26.1. The maximum Gasteiger partial charge on any atom is 0.305 e. The number of anilines is 1. The van der Waals surface area contributed by atoms with Gasteiger partial charge in [-0.1, -0.05) is 6.07 Å². The Morgan fingerprint density at radius 1 is 1.17 bits per heavy atom. The molecule has 0 aliphatic carbocycles. The van der Waals surface area contributed by atoms with Gasteiger partial charge in [-0.05, 0) is 61.0 Å². The molecule has 0 saturated heterocycles. The monoisotopic (exact) mass is 507 g/mol. The fourth-order valence-electron chi connectivity index (χ4n) is 4.33. The number of carboxylic acid groups (broad SMARTS) is 1. The number of ether oxygens (including phenoxy) is 2. The lowest BCUT2D eigenvalue weighted by molar-refractivity contribution is -0.140. The fraction of sp³-hybridized carbons (Fsp3) is 0.200. The van der Waals surface area contributed by atoms with E-state index in [-0.39, 0.29) is 39.8 Å². The quantitative estimate of drug-likeness (QED) is 0.486. The molecule has 1 amide bonds. The molecule has 1 aromatic heterocycles. The summed E-state index contributed by atoms with van der Waals surface area (Å²) in [5, 5.41) is 19.4. The number of aromatic nitrogens is 1. The van der Waals surface area contributed by atoms with Crippen LogP contribution in [0.4, 0.5) is 5.69 Å². The predicted molar refractivity (Wildman–Crippen MR) is 127 cm³/mol. The minimum Gasteiger partial charge on any atom is -0.497 e. The maximum atomic E-state index is 14.2. The third kappa shape index (κ3) is 3.81. The van der Waals surface area contributed by atoms with E-state index in [0.29, 0.717) is 10.1 Å². The number of nitriles is 1. The van der Waals surface area contributed by atoms with E-state index in [1.165, 1.54) is 67.9 Å². The van der Waals surface area contributed by atoms with Crippen molar-refractivity contribution in [2.45, 2.75) is 23.7 Å². The second kappa shape index (κ2) is 9.31. The van der Waals surface area contributed by atoms with Crippen LogP contribution in [0.25, 0.3) is 0 Å². The Kier molecular flexibility index (Phi) is 6.39. The van der Waals surface area contributed by atoms with Crippen LogP contribution in [0.2, 0.25) is 0 Å². The highest BCUT2D eigenvalue weighted by Gasteiger charge is 2.58. The Balaban J connectivity index is 2.05. The van der Waals surface area contributed by atoms with E-state index in [0.717, 1.165) is 0 Å². The predicted octanol–water partition coefficient (Wildman–Crippen LogP) is 2.86. The first-order valence-corrected chi connectivity index (χ1v) is 12.2. The summed E-state index contributed by atoms with van der Waals surface area (Å²) in [5.41, 5.74) is -1.81. The molecule has 2 aromatic carbocycles. The number of hydrogen-bond acceptors (Lipinski definition) is 8. The minimum absolute atomic E-state index is 0.00777. The largest absolute Gasteiger partial charge is 0.497 e. The van der Waals surface area contributed by atoms with Crippen molar-refractivity contribution < 1.29 is 32.6 Å². The smallest absolute Gasteiger partial charge is 0.305 e. The first-order chi connectivity index (χ1) is 17.2. The Morgan fingerprint density at radius 3 is 2.50 bits per heavy atom. The summed E-state index contributed by atoms with van der Waals surface area (Å²) in [5.74, 6) is -1.96. The van der Waals surface area contributed by atoms with Gasteiger partial charge in [-0.15, -0.1) is 0 Å². The molecule has 11 heteroatoms. The van der Waals surface area contributed by atoms with Crippen molar-refractivity contribution in [1.82, 2.24) is 4.98 Å². The number of carbonyl (C=O) groups excluding carboxylic acids is 1. The Labute approximate surface area is 207 Å². The molecule has 2 heterocycles. The number of hydrogen-bond donors (Lipinski definition) is 1. The fourth-order valence-corrected chi connectivity index (χ4v) is 5.82. The molecule has 1 aliphatic rings. The van der Waals surface area contributed by atoms with Gasteiger partial charge in [0.15, 0.2) is 0 Å². The van der Waals surface area contributed by atoms with Gasteiger partial charge in [0, 0.05) is 11.8 Å². The van der Waals surface area contributed by atoms with E-state index < -0.39 is 33.7 Å². The number of benzene rings is 2. The van der Waals surface area contributed by atoms with Crippen LogP contribution in [0, 0.1) is 11.3 Å². The van der Waals surface area contributed by atoms with Crippen LogP contribution in [-0.2, 0) is 25.0 Å². The molecule has 0 saturated carbocycles. The number of fused-ring (bicyclic) bond motifs is 1. The SMILES string of the molecule is CCOc1ncccc1C1(CC(=O)O)C(=O)N(S(=O)(=O)c2ccc(OC)cc2)c2ccc(C#N)cc21.